The molecule has 0 spiro atoms. The summed E-state index contributed by atoms with van der Waals surface area (Å²) in [5, 5.41) is 11.0. The molecule has 8 heteroatoms. The van der Waals surface area contributed by atoms with E-state index in [1.54, 1.807) is 0 Å². The fourth-order valence-electron chi connectivity index (χ4n) is 1.53. The number of hydrogen-bond acceptors (Lipinski definition) is 4. The molecule has 0 aromatic heterocycles. The molecule has 0 fully saturated rings. The van der Waals surface area contributed by atoms with Crippen LogP contribution in [-0.4, -0.2) is 11.2 Å². The first-order valence-corrected chi connectivity index (χ1v) is 7.07. The minimum Gasteiger partial charge on any atom is -0.449 e. The number of rotatable bonds is 4. The molecule has 0 radical (unpaired) electrons. The van der Waals surface area contributed by atoms with Crippen LogP contribution in [0.5, 0.6) is 11.5 Å². The van der Waals surface area contributed by atoms with Gasteiger partial charge in [-0.25, -0.2) is 4.39 Å². The number of nitro groups is 1. The highest BCUT2D eigenvalue weighted by Gasteiger charge is 2.20. The zero-order valence-electron chi connectivity index (χ0n) is 10.2. The fraction of sp³-hybridized carbons (Fsp3) is 0. The molecule has 0 saturated carbocycles. The summed E-state index contributed by atoms with van der Waals surface area (Å²) in [6.07, 6.45) is 0.649. The van der Waals surface area contributed by atoms with Gasteiger partial charge in [-0.2, -0.15) is 0 Å². The van der Waals surface area contributed by atoms with Gasteiger partial charge in [0.15, 0.2) is 0 Å². The number of nitro benzene ring substituents is 1. The van der Waals surface area contributed by atoms with Crippen LogP contribution in [0.3, 0.4) is 0 Å². The predicted molar refractivity (Wildman–Crippen MR) is 80.4 cm³/mol. The van der Waals surface area contributed by atoms with Crippen molar-refractivity contribution in [2.24, 2.45) is 0 Å². The third-order valence-electron chi connectivity index (χ3n) is 2.51. The van der Waals surface area contributed by atoms with E-state index in [0.717, 1.165) is 12.1 Å². The second-order valence-corrected chi connectivity index (χ2v) is 5.61. The molecule has 0 N–H and O–H groups in total. The van der Waals surface area contributed by atoms with E-state index in [-0.39, 0.29) is 21.7 Å². The zero-order chi connectivity index (χ0) is 15.6. The van der Waals surface area contributed by atoms with Gasteiger partial charge in [0.05, 0.1) is 13.9 Å². The highest BCUT2D eigenvalue weighted by atomic mass is 79.9. The summed E-state index contributed by atoms with van der Waals surface area (Å²) in [6, 6.07) is 6.37. The summed E-state index contributed by atoms with van der Waals surface area (Å²) in [5.74, 6) is -0.693. The molecule has 21 heavy (non-hydrogen) atoms. The molecule has 0 saturated heterocycles. The average molecular weight is 419 g/mol. The lowest BCUT2D eigenvalue weighted by Gasteiger charge is -2.09. The lowest BCUT2D eigenvalue weighted by Crippen LogP contribution is -1.96. The molecule has 2 rings (SSSR count). The summed E-state index contributed by atoms with van der Waals surface area (Å²) in [6.45, 7) is 0. The lowest BCUT2D eigenvalue weighted by atomic mass is 10.2. The summed E-state index contributed by atoms with van der Waals surface area (Å²) in [4.78, 5) is 21.0. The zero-order valence-corrected chi connectivity index (χ0v) is 13.4. The van der Waals surface area contributed by atoms with Crippen molar-refractivity contribution < 1.29 is 18.8 Å². The molecular formula is C13H6Br2FNO4. The average Bonchev–Trinajstić information content (AvgIpc) is 2.44. The standard InChI is InChI=1S/C13H6Br2FNO4/c14-8-4-11(17(19)20)13(5-10(8)16)21-12-2-1-7(6-18)3-9(12)15/h1-6H. The highest BCUT2D eigenvalue weighted by molar-refractivity contribution is 9.10. The number of nitrogens with zero attached hydrogens (tertiary/aromatic N) is 1. The number of hydrogen-bond donors (Lipinski definition) is 0. The first-order valence-electron chi connectivity index (χ1n) is 5.48. The van der Waals surface area contributed by atoms with Crippen LogP contribution in [-0.2, 0) is 0 Å². The van der Waals surface area contributed by atoms with E-state index in [1.807, 2.05) is 0 Å². The minimum absolute atomic E-state index is 0.0306. The van der Waals surface area contributed by atoms with Crippen molar-refractivity contribution in [2.75, 3.05) is 0 Å². The molecule has 0 unspecified atom stereocenters. The van der Waals surface area contributed by atoms with Crippen molar-refractivity contribution in [2.45, 2.75) is 0 Å². The molecule has 5 nitrogen and oxygen atoms in total. The van der Waals surface area contributed by atoms with Gasteiger partial charge in [0.2, 0.25) is 5.75 Å². The monoisotopic (exact) mass is 417 g/mol. The Hall–Kier alpha value is -1.80. The van der Waals surface area contributed by atoms with Gasteiger partial charge < -0.3 is 4.74 Å². The third kappa shape index (κ3) is 3.45. The van der Waals surface area contributed by atoms with Gasteiger partial charge in [-0.3, -0.25) is 14.9 Å². The topological polar surface area (TPSA) is 69.4 Å². The van der Waals surface area contributed by atoms with E-state index in [1.165, 1.54) is 18.2 Å². The van der Waals surface area contributed by atoms with Gasteiger partial charge in [0.25, 0.3) is 0 Å². The number of carbonyl (C=O) groups is 1. The van der Waals surface area contributed by atoms with E-state index in [2.05, 4.69) is 31.9 Å². The Balaban J connectivity index is 2.46. The van der Waals surface area contributed by atoms with Crippen LogP contribution in [0.4, 0.5) is 10.1 Å². The number of ether oxygens (including phenoxy) is 1. The quantitative estimate of drug-likeness (QED) is 0.403. The Labute approximate surface area is 135 Å². The van der Waals surface area contributed by atoms with Crippen LogP contribution < -0.4 is 4.74 Å². The van der Waals surface area contributed by atoms with Crippen molar-refractivity contribution in [3.8, 4) is 11.5 Å². The fourth-order valence-corrected chi connectivity index (χ4v) is 2.34. The van der Waals surface area contributed by atoms with Crippen LogP contribution >= 0.6 is 31.9 Å². The molecule has 0 aliphatic carbocycles. The second-order valence-electron chi connectivity index (χ2n) is 3.90. The van der Waals surface area contributed by atoms with Crippen LogP contribution in [0.15, 0.2) is 39.3 Å². The minimum atomic E-state index is -0.684. The van der Waals surface area contributed by atoms with Crippen LogP contribution in [0.2, 0.25) is 0 Å². The maximum Gasteiger partial charge on any atom is 0.312 e. The second kappa shape index (κ2) is 6.31. The number of carbonyl (C=O) groups excluding carboxylic acids is 1. The van der Waals surface area contributed by atoms with Gasteiger partial charge in [0, 0.05) is 17.7 Å². The molecule has 108 valence electrons. The number of halogens is 3. The van der Waals surface area contributed by atoms with Crippen LogP contribution in [0.1, 0.15) is 10.4 Å². The van der Waals surface area contributed by atoms with E-state index < -0.39 is 10.7 Å². The maximum absolute atomic E-state index is 13.5. The Morgan fingerprint density at radius 3 is 2.43 bits per heavy atom. The highest BCUT2D eigenvalue weighted by Crippen LogP contribution is 2.37. The molecule has 0 amide bonds. The Morgan fingerprint density at radius 1 is 1.14 bits per heavy atom. The predicted octanol–water partition coefficient (Wildman–Crippen LogP) is 4.86. The van der Waals surface area contributed by atoms with Crippen molar-refractivity contribution in [1.82, 2.24) is 0 Å². The van der Waals surface area contributed by atoms with Gasteiger partial charge >= 0.3 is 5.69 Å². The van der Waals surface area contributed by atoms with Gasteiger partial charge in [-0.05, 0) is 50.1 Å². The summed E-state index contributed by atoms with van der Waals surface area (Å²) in [5.41, 5.74) is 0.0281. The van der Waals surface area contributed by atoms with E-state index >= 15 is 0 Å². The molecule has 0 aliphatic rings. The lowest BCUT2D eigenvalue weighted by molar-refractivity contribution is -0.385. The largest absolute Gasteiger partial charge is 0.449 e. The van der Waals surface area contributed by atoms with Crippen molar-refractivity contribution in [3.63, 3.8) is 0 Å². The van der Waals surface area contributed by atoms with Crippen LogP contribution in [0.25, 0.3) is 0 Å². The molecule has 0 heterocycles. The SMILES string of the molecule is O=Cc1ccc(Oc2cc(F)c(Br)cc2[N+](=O)[O-])c(Br)c1. The summed E-state index contributed by atoms with van der Waals surface area (Å²) in [7, 11) is 0. The Bertz CT molecular complexity index is 736. The van der Waals surface area contributed by atoms with Crippen molar-refractivity contribution in [3.05, 3.63) is 60.8 Å². The van der Waals surface area contributed by atoms with Gasteiger partial charge in [0.1, 0.15) is 17.9 Å². The summed E-state index contributed by atoms with van der Waals surface area (Å²) < 4.78 is 19.3. The molecule has 0 aliphatic heterocycles. The first-order chi connectivity index (χ1) is 9.92. The third-order valence-corrected chi connectivity index (χ3v) is 3.74. The van der Waals surface area contributed by atoms with Gasteiger partial charge in [-0.15, -0.1) is 0 Å². The number of benzene rings is 2. The molecule has 2 aromatic carbocycles. The molecule has 2 aromatic rings. The van der Waals surface area contributed by atoms with Crippen molar-refractivity contribution in [1.29, 1.82) is 0 Å². The van der Waals surface area contributed by atoms with Gasteiger partial charge in [-0.1, -0.05) is 0 Å². The maximum atomic E-state index is 13.5. The van der Waals surface area contributed by atoms with Crippen molar-refractivity contribution >= 4 is 43.8 Å². The Morgan fingerprint density at radius 2 is 1.86 bits per heavy atom. The van der Waals surface area contributed by atoms with E-state index in [9.17, 15) is 19.3 Å². The number of aldehydes is 1. The first kappa shape index (κ1) is 15.6. The van der Waals surface area contributed by atoms with E-state index in [0.29, 0.717) is 16.3 Å². The molecular weight excluding hydrogens is 413 g/mol. The smallest absolute Gasteiger partial charge is 0.312 e. The van der Waals surface area contributed by atoms with Crippen LogP contribution in [0, 0.1) is 15.9 Å². The van der Waals surface area contributed by atoms with E-state index in [4.69, 9.17) is 4.74 Å². The molecule has 0 atom stereocenters. The summed E-state index contributed by atoms with van der Waals surface area (Å²) >= 11 is 6.07. The Kier molecular flexibility index (Phi) is 4.69. The molecule has 0 bridgehead atoms. The normalized spacial score (nSPS) is 10.2.